The Kier molecular flexibility index (Phi) is 6.75. The minimum atomic E-state index is -1.72. The molecule has 6 N–H and O–H groups in total. The average Bonchev–Trinajstić information content (AvgIpc) is 2.63. The highest BCUT2D eigenvalue weighted by Gasteiger charge is 2.66. The number of amides is 2. The Morgan fingerprint density at radius 1 is 1.48 bits per heavy atom. The maximum absolute atomic E-state index is 12.6. The molecule has 0 spiro atoms. The van der Waals surface area contributed by atoms with Gasteiger partial charge in [-0.2, -0.15) is 0 Å². The molecule has 0 aromatic heterocycles. The lowest BCUT2D eigenvalue weighted by atomic mass is 9.98. The molecule has 0 aromatic rings. The average molecular weight is 421 g/mol. The van der Waals surface area contributed by atoms with Crippen LogP contribution in [-0.2, 0) is 23.9 Å². The van der Waals surface area contributed by atoms with Crippen LogP contribution in [0.5, 0.6) is 0 Å². The van der Waals surface area contributed by atoms with Crippen molar-refractivity contribution in [2.45, 2.75) is 17.1 Å². The van der Waals surface area contributed by atoms with Gasteiger partial charge in [0.25, 0.3) is 11.6 Å². The number of aliphatic carboxylic acids is 2. The Labute approximate surface area is 162 Å². The largest absolute Gasteiger partial charge is 0.480 e. The predicted molar refractivity (Wildman–Crippen MR) is 95.7 cm³/mol. The molecule has 1 fully saturated rings. The van der Waals surface area contributed by atoms with Crippen LogP contribution in [-0.4, -0.2) is 92.1 Å². The summed E-state index contributed by atoms with van der Waals surface area (Å²) in [6, 6.07) is -1.12. The maximum atomic E-state index is 12.6. The molecule has 27 heavy (non-hydrogen) atoms. The van der Waals surface area contributed by atoms with E-state index in [-0.39, 0.29) is 28.5 Å². The second-order valence-electron chi connectivity index (χ2n) is 5.70. The molecular formula is C14H19N3O8S2. The molecule has 2 rings (SSSR count). The third-order valence-corrected chi connectivity index (χ3v) is 6.43. The van der Waals surface area contributed by atoms with Gasteiger partial charge in [0.05, 0.1) is 12.4 Å². The molecule has 0 aliphatic carbocycles. The number of carbonyl (C=O) groups is 4. The molecule has 11 nitrogen and oxygen atoms in total. The van der Waals surface area contributed by atoms with Crippen LogP contribution in [0.4, 0.5) is 0 Å². The molecule has 2 aliphatic rings. The fourth-order valence-electron chi connectivity index (χ4n) is 2.66. The molecule has 1 saturated heterocycles. The van der Waals surface area contributed by atoms with Gasteiger partial charge in [0.15, 0.2) is 0 Å². The first-order valence-electron chi connectivity index (χ1n) is 7.63. The topological polar surface area (TPSA) is 179 Å². The number of fused-ring (bicyclic) bond motifs is 1. The van der Waals surface area contributed by atoms with Gasteiger partial charge in [-0.25, -0.2) is 4.79 Å². The number of hydrogen-bond acceptors (Lipinski definition) is 9. The highest BCUT2D eigenvalue weighted by Crippen LogP contribution is 2.46. The summed E-state index contributed by atoms with van der Waals surface area (Å²) in [7, 11) is 1.22. The zero-order valence-electron chi connectivity index (χ0n) is 14.2. The number of nitrogens with zero attached hydrogens (tertiary/aromatic N) is 1. The number of carboxylic acids is 2. The molecule has 2 amide bonds. The third-order valence-electron chi connectivity index (χ3n) is 4.00. The number of β-lactam (4-membered cyclic amide) rings is 1. The first-order chi connectivity index (χ1) is 12.7. The Balaban J connectivity index is 2.08. The van der Waals surface area contributed by atoms with Crippen LogP contribution in [0.2, 0.25) is 0 Å². The van der Waals surface area contributed by atoms with E-state index in [4.69, 9.17) is 15.6 Å². The number of aliphatic hydroxyl groups excluding tert-OH is 1. The molecule has 0 bridgehead atoms. The number of methoxy groups -OCH3 is 1. The van der Waals surface area contributed by atoms with E-state index in [1.54, 1.807) is 0 Å². The summed E-state index contributed by atoms with van der Waals surface area (Å²) >= 11 is 2.14. The van der Waals surface area contributed by atoms with Crippen LogP contribution >= 0.6 is 23.5 Å². The van der Waals surface area contributed by atoms with E-state index in [1.165, 1.54) is 7.11 Å². The van der Waals surface area contributed by atoms with E-state index >= 15 is 0 Å². The SMILES string of the molecule is CO[C@@]1(NC(=O)CSC[C@@H](N)C(=O)O)C(=O)N2C(C(=O)O)=C(CO)CS[C@@H]21. The molecule has 0 unspecified atom stereocenters. The highest BCUT2D eigenvalue weighted by atomic mass is 32.2. The van der Waals surface area contributed by atoms with Crippen molar-refractivity contribution in [2.24, 2.45) is 5.73 Å². The summed E-state index contributed by atoms with van der Waals surface area (Å²) in [5.41, 5.74) is 3.52. The minimum Gasteiger partial charge on any atom is -0.480 e. The second-order valence-corrected chi connectivity index (χ2v) is 7.80. The minimum absolute atomic E-state index is 0.00669. The number of hydrogen-bond donors (Lipinski definition) is 5. The van der Waals surface area contributed by atoms with Gasteiger partial charge in [0, 0.05) is 18.6 Å². The van der Waals surface area contributed by atoms with Gasteiger partial charge in [-0.1, -0.05) is 0 Å². The molecule has 3 atom stereocenters. The predicted octanol–water partition coefficient (Wildman–Crippen LogP) is -2.16. The lowest BCUT2D eigenvalue weighted by Crippen LogP contribution is -2.80. The van der Waals surface area contributed by atoms with Crippen molar-refractivity contribution < 1.29 is 39.2 Å². The first kappa shape index (κ1) is 21.5. The lowest BCUT2D eigenvalue weighted by molar-refractivity contribution is -0.192. The third kappa shape index (κ3) is 3.91. The van der Waals surface area contributed by atoms with E-state index in [1.807, 2.05) is 0 Å². The van der Waals surface area contributed by atoms with Crippen molar-refractivity contribution in [3.8, 4) is 0 Å². The van der Waals surface area contributed by atoms with Crippen LogP contribution < -0.4 is 11.1 Å². The molecule has 0 radical (unpaired) electrons. The second kappa shape index (κ2) is 8.48. The number of ether oxygens (including phenoxy) is 1. The number of nitrogens with two attached hydrogens (primary N) is 1. The fraction of sp³-hybridized carbons (Fsp3) is 0.571. The summed E-state index contributed by atoms with van der Waals surface area (Å²) in [4.78, 5) is 47.9. The standard InChI is InChI=1S/C14H19N3O8S2/c1-25-14(16-8(19)5-26-4-7(15)10(20)21)12(24)17-9(11(22)23)6(2-18)3-27-13(14)17/h7,13,18H,2-5,15H2,1H3,(H,16,19)(H,20,21)(H,22,23)/t7-,13-,14+/m1/s1. The Hall–Kier alpha value is -1.80. The molecule has 2 heterocycles. The van der Waals surface area contributed by atoms with Crippen molar-refractivity contribution in [2.75, 3.05) is 31.0 Å². The van der Waals surface area contributed by atoms with Crippen molar-refractivity contribution in [3.05, 3.63) is 11.3 Å². The van der Waals surface area contributed by atoms with Gasteiger partial charge < -0.3 is 31.1 Å². The van der Waals surface area contributed by atoms with Crippen LogP contribution in [0, 0.1) is 0 Å². The maximum Gasteiger partial charge on any atom is 0.352 e. The molecule has 2 aliphatic heterocycles. The van der Waals surface area contributed by atoms with Gasteiger partial charge in [-0.3, -0.25) is 19.3 Å². The van der Waals surface area contributed by atoms with Gasteiger partial charge in [0.2, 0.25) is 5.91 Å². The first-order valence-corrected chi connectivity index (χ1v) is 9.83. The quantitative estimate of drug-likeness (QED) is 0.202. The Bertz CT molecular complexity index is 700. The van der Waals surface area contributed by atoms with Gasteiger partial charge in [-0.15, -0.1) is 23.5 Å². The molecule has 150 valence electrons. The summed E-state index contributed by atoms with van der Waals surface area (Å²) in [5, 5.41) is 29.0. The molecular weight excluding hydrogens is 402 g/mol. The number of rotatable bonds is 9. The van der Waals surface area contributed by atoms with Crippen molar-refractivity contribution in [1.29, 1.82) is 0 Å². The number of aliphatic hydroxyl groups is 1. The van der Waals surface area contributed by atoms with Gasteiger partial charge >= 0.3 is 11.9 Å². The zero-order valence-corrected chi connectivity index (χ0v) is 15.8. The summed E-state index contributed by atoms with van der Waals surface area (Å²) < 4.78 is 5.24. The molecule has 13 heteroatoms. The molecule has 0 aromatic carbocycles. The summed E-state index contributed by atoms with van der Waals surface area (Å²) in [5.74, 6) is -3.87. The normalized spacial score (nSPS) is 25.5. The van der Waals surface area contributed by atoms with Crippen LogP contribution in [0.25, 0.3) is 0 Å². The summed E-state index contributed by atoms with van der Waals surface area (Å²) in [6.07, 6.45) is 0. The smallest absolute Gasteiger partial charge is 0.352 e. The van der Waals surface area contributed by atoms with E-state index in [9.17, 15) is 29.4 Å². The Morgan fingerprint density at radius 2 is 2.15 bits per heavy atom. The van der Waals surface area contributed by atoms with Crippen molar-refractivity contribution in [1.82, 2.24) is 10.2 Å². The summed E-state index contributed by atoms with van der Waals surface area (Å²) in [6.45, 7) is -0.502. The zero-order chi connectivity index (χ0) is 20.4. The Morgan fingerprint density at radius 3 is 2.67 bits per heavy atom. The number of nitrogens with one attached hydrogen (secondary N) is 1. The van der Waals surface area contributed by atoms with E-state index in [2.05, 4.69) is 5.32 Å². The van der Waals surface area contributed by atoms with Crippen molar-refractivity contribution in [3.63, 3.8) is 0 Å². The van der Waals surface area contributed by atoms with Gasteiger partial charge in [-0.05, 0) is 5.57 Å². The van der Waals surface area contributed by atoms with E-state index in [0.29, 0.717) is 0 Å². The van der Waals surface area contributed by atoms with E-state index in [0.717, 1.165) is 28.4 Å². The van der Waals surface area contributed by atoms with Crippen LogP contribution in [0.1, 0.15) is 0 Å². The number of thioether (sulfide) groups is 2. The van der Waals surface area contributed by atoms with Crippen LogP contribution in [0.3, 0.4) is 0 Å². The van der Waals surface area contributed by atoms with Crippen LogP contribution in [0.15, 0.2) is 11.3 Å². The molecule has 0 saturated carbocycles. The number of carbonyl (C=O) groups excluding carboxylic acids is 2. The highest BCUT2D eigenvalue weighted by molar-refractivity contribution is 8.00. The van der Waals surface area contributed by atoms with Crippen molar-refractivity contribution >= 4 is 47.3 Å². The van der Waals surface area contributed by atoms with E-state index < -0.39 is 47.5 Å². The fourth-order valence-corrected chi connectivity index (χ4v) is 4.86. The lowest BCUT2D eigenvalue weighted by Gasteiger charge is -2.55. The number of carboxylic acid groups (broad SMARTS) is 2. The van der Waals surface area contributed by atoms with Gasteiger partial charge in [0.1, 0.15) is 17.1 Å². The monoisotopic (exact) mass is 421 g/mol.